The molecule has 7 heteroatoms. The van der Waals surface area contributed by atoms with Crippen molar-refractivity contribution in [2.45, 2.75) is 18.9 Å². The summed E-state index contributed by atoms with van der Waals surface area (Å²) >= 11 is 1.47. The number of imidazole rings is 1. The number of aromatic nitrogens is 2. The minimum Gasteiger partial charge on any atom is -0.368 e. The SMILES string of the molecule is O=C(Nc1c(-c2ccc(F)cc2)nc2sccn12)[C@@H]1CCCO1. The molecule has 0 radical (unpaired) electrons. The van der Waals surface area contributed by atoms with Crippen LogP contribution in [0.1, 0.15) is 12.8 Å². The van der Waals surface area contributed by atoms with Gasteiger partial charge < -0.3 is 10.1 Å². The first-order chi connectivity index (χ1) is 11.2. The van der Waals surface area contributed by atoms with E-state index in [1.165, 1.54) is 23.5 Å². The van der Waals surface area contributed by atoms with Gasteiger partial charge in [-0.05, 0) is 37.1 Å². The van der Waals surface area contributed by atoms with Crippen LogP contribution in [-0.4, -0.2) is 28.0 Å². The van der Waals surface area contributed by atoms with E-state index in [4.69, 9.17) is 4.74 Å². The van der Waals surface area contributed by atoms with Gasteiger partial charge in [0.25, 0.3) is 5.91 Å². The van der Waals surface area contributed by atoms with Gasteiger partial charge in [0.1, 0.15) is 23.4 Å². The lowest BCUT2D eigenvalue weighted by molar-refractivity contribution is -0.124. The van der Waals surface area contributed by atoms with Gasteiger partial charge in [0.15, 0.2) is 4.96 Å². The monoisotopic (exact) mass is 331 g/mol. The van der Waals surface area contributed by atoms with Crippen molar-refractivity contribution in [1.29, 1.82) is 0 Å². The fourth-order valence-corrected chi connectivity index (χ4v) is 3.41. The quantitative estimate of drug-likeness (QED) is 0.801. The summed E-state index contributed by atoms with van der Waals surface area (Å²) in [6, 6.07) is 6.08. The molecule has 1 atom stereocenters. The van der Waals surface area contributed by atoms with Crippen LogP contribution in [0, 0.1) is 5.82 Å². The zero-order chi connectivity index (χ0) is 15.8. The van der Waals surface area contributed by atoms with Gasteiger partial charge in [-0.25, -0.2) is 9.37 Å². The van der Waals surface area contributed by atoms with E-state index in [0.29, 0.717) is 18.1 Å². The molecule has 4 rings (SSSR count). The van der Waals surface area contributed by atoms with Gasteiger partial charge in [-0.15, -0.1) is 11.3 Å². The lowest BCUT2D eigenvalue weighted by Crippen LogP contribution is -2.27. The van der Waals surface area contributed by atoms with E-state index in [9.17, 15) is 9.18 Å². The van der Waals surface area contributed by atoms with Gasteiger partial charge in [-0.1, -0.05) is 0 Å². The molecule has 0 saturated carbocycles. The highest BCUT2D eigenvalue weighted by Crippen LogP contribution is 2.31. The second-order valence-corrected chi connectivity index (χ2v) is 6.24. The van der Waals surface area contributed by atoms with Crippen molar-refractivity contribution in [2.24, 2.45) is 0 Å². The summed E-state index contributed by atoms with van der Waals surface area (Å²) in [4.78, 5) is 17.7. The fraction of sp³-hybridized carbons (Fsp3) is 0.250. The number of rotatable bonds is 3. The molecule has 3 heterocycles. The van der Waals surface area contributed by atoms with Crippen molar-refractivity contribution in [3.05, 3.63) is 41.7 Å². The molecule has 1 aliphatic rings. The molecule has 0 unspecified atom stereocenters. The summed E-state index contributed by atoms with van der Waals surface area (Å²) < 4.78 is 20.4. The number of nitrogens with one attached hydrogen (secondary N) is 1. The predicted octanol–water partition coefficient (Wildman–Crippen LogP) is 3.32. The van der Waals surface area contributed by atoms with E-state index < -0.39 is 6.10 Å². The van der Waals surface area contributed by atoms with Gasteiger partial charge in [0.2, 0.25) is 0 Å². The van der Waals surface area contributed by atoms with Crippen molar-refractivity contribution in [2.75, 3.05) is 11.9 Å². The maximum absolute atomic E-state index is 13.2. The number of anilines is 1. The molecule has 1 fully saturated rings. The average Bonchev–Trinajstić information content (AvgIpc) is 3.26. The zero-order valence-corrected chi connectivity index (χ0v) is 13.0. The molecule has 1 aliphatic heterocycles. The van der Waals surface area contributed by atoms with Crippen LogP contribution in [0.3, 0.4) is 0 Å². The standard InChI is InChI=1S/C16H14FN3O2S/c17-11-5-3-10(4-6-11)13-14(20-7-9-23-16(20)18-13)19-15(21)12-2-1-8-22-12/h3-7,9,12H,1-2,8H2,(H,19,21)/t12-/m0/s1. The van der Waals surface area contributed by atoms with Crippen LogP contribution < -0.4 is 5.32 Å². The van der Waals surface area contributed by atoms with E-state index in [1.54, 1.807) is 12.1 Å². The molecular formula is C16H14FN3O2S. The van der Waals surface area contributed by atoms with Crippen LogP contribution in [0.25, 0.3) is 16.2 Å². The Morgan fingerprint density at radius 3 is 2.96 bits per heavy atom. The maximum atomic E-state index is 13.2. The van der Waals surface area contributed by atoms with Crippen LogP contribution in [0.15, 0.2) is 35.8 Å². The highest BCUT2D eigenvalue weighted by atomic mass is 32.1. The Bertz CT molecular complexity index is 850. The second-order valence-electron chi connectivity index (χ2n) is 5.36. The molecule has 23 heavy (non-hydrogen) atoms. The van der Waals surface area contributed by atoms with Gasteiger partial charge in [-0.3, -0.25) is 9.20 Å². The normalized spacial score (nSPS) is 17.7. The van der Waals surface area contributed by atoms with Gasteiger partial charge >= 0.3 is 0 Å². The largest absolute Gasteiger partial charge is 0.368 e. The number of hydrogen-bond donors (Lipinski definition) is 1. The summed E-state index contributed by atoms with van der Waals surface area (Å²) in [5.41, 5.74) is 1.38. The third-order valence-corrected chi connectivity index (χ3v) is 4.60. The van der Waals surface area contributed by atoms with E-state index >= 15 is 0 Å². The number of carbonyl (C=O) groups excluding carboxylic acids is 1. The first kappa shape index (κ1) is 14.3. The summed E-state index contributed by atoms with van der Waals surface area (Å²) in [5, 5.41) is 4.83. The molecule has 1 saturated heterocycles. The van der Waals surface area contributed by atoms with Crippen LogP contribution in [0.2, 0.25) is 0 Å². The molecule has 1 aromatic carbocycles. The third-order valence-electron chi connectivity index (χ3n) is 3.84. The van der Waals surface area contributed by atoms with E-state index in [0.717, 1.165) is 23.4 Å². The second kappa shape index (κ2) is 5.75. The first-order valence-corrected chi connectivity index (χ1v) is 8.24. The van der Waals surface area contributed by atoms with Crippen LogP contribution in [0.4, 0.5) is 10.2 Å². The fourth-order valence-electron chi connectivity index (χ4n) is 2.70. The molecule has 118 valence electrons. The molecule has 0 aliphatic carbocycles. The molecule has 1 amide bonds. The van der Waals surface area contributed by atoms with Crippen molar-refractivity contribution < 1.29 is 13.9 Å². The summed E-state index contributed by atoms with van der Waals surface area (Å²) in [5.74, 6) is 0.118. The molecule has 5 nitrogen and oxygen atoms in total. The Labute approximate surface area is 135 Å². The lowest BCUT2D eigenvalue weighted by atomic mass is 10.1. The number of benzene rings is 1. The molecule has 0 bridgehead atoms. The number of carbonyl (C=O) groups is 1. The minimum absolute atomic E-state index is 0.168. The Morgan fingerprint density at radius 2 is 2.22 bits per heavy atom. The number of nitrogens with zero attached hydrogens (tertiary/aromatic N) is 2. The summed E-state index contributed by atoms with van der Waals surface area (Å²) in [7, 11) is 0. The smallest absolute Gasteiger partial charge is 0.254 e. The Morgan fingerprint density at radius 1 is 1.39 bits per heavy atom. The highest BCUT2D eigenvalue weighted by molar-refractivity contribution is 7.15. The van der Waals surface area contributed by atoms with Crippen LogP contribution in [-0.2, 0) is 9.53 Å². The Balaban J connectivity index is 1.74. The van der Waals surface area contributed by atoms with Crippen molar-refractivity contribution in [3.63, 3.8) is 0 Å². The predicted molar refractivity (Wildman–Crippen MR) is 86.1 cm³/mol. The Hall–Kier alpha value is -2.25. The van der Waals surface area contributed by atoms with Crippen molar-refractivity contribution in [1.82, 2.24) is 9.38 Å². The molecule has 0 spiro atoms. The zero-order valence-electron chi connectivity index (χ0n) is 12.2. The van der Waals surface area contributed by atoms with Gasteiger partial charge in [-0.2, -0.15) is 0 Å². The molecule has 3 aromatic rings. The minimum atomic E-state index is -0.416. The number of thiazole rings is 1. The number of hydrogen-bond acceptors (Lipinski definition) is 4. The summed E-state index contributed by atoms with van der Waals surface area (Å²) in [6.07, 6.45) is 3.05. The topological polar surface area (TPSA) is 55.6 Å². The Kier molecular flexibility index (Phi) is 3.59. The van der Waals surface area contributed by atoms with E-state index in [2.05, 4.69) is 10.3 Å². The first-order valence-electron chi connectivity index (χ1n) is 7.36. The highest BCUT2D eigenvalue weighted by Gasteiger charge is 2.26. The summed E-state index contributed by atoms with van der Waals surface area (Å²) in [6.45, 7) is 0.614. The van der Waals surface area contributed by atoms with E-state index in [1.807, 2.05) is 16.0 Å². The number of amides is 1. The van der Waals surface area contributed by atoms with Crippen molar-refractivity contribution >= 4 is 28.0 Å². The van der Waals surface area contributed by atoms with Gasteiger partial charge in [0.05, 0.1) is 0 Å². The van der Waals surface area contributed by atoms with Crippen LogP contribution in [0.5, 0.6) is 0 Å². The molecular weight excluding hydrogens is 317 g/mol. The lowest BCUT2D eigenvalue weighted by Gasteiger charge is -2.11. The average molecular weight is 331 g/mol. The van der Waals surface area contributed by atoms with Crippen LogP contribution >= 0.6 is 11.3 Å². The number of fused-ring (bicyclic) bond motifs is 1. The molecule has 1 N–H and O–H groups in total. The maximum Gasteiger partial charge on any atom is 0.254 e. The number of ether oxygens (including phenoxy) is 1. The third kappa shape index (κ3) is 2.62. The number of halogens is 1. The van der Waals surface area contributed by atoms with Crippen molar-refractivity contribution in [3.8, 4) is 11.3 Å². The molecule has 2 aromatic heterocycles. The van der Waals surface area contributed by atoms with Gasteiger partial charge in [0, 0.05) is 23.7 Å². The van der Waals surface area contributed by atoms with E-state index in [-0.39, 0.29) is 11.7 Å².